The summed E-state index contributed by atoms with van der Waals surface area (Å²) in [5.41, 5.74) is 2.18. The van der Waals surface area contributed by atoms with Crippen LogP contribution in [-0.2, 0) is 6.54 Å². The van der Waals surface area contributed by atoms with E-state index < -0.39 is 0 Å². The number of aryl methyl sites for hydroxylation is 1. The topological polar surface area (TPSA) is 34.1 Å². The van der Waals surface area contributed by atoms with Crippen molar-refractivity contribution in [1.29, 1.82) is 0 Å². The molecule has 0 saturated carbocycles. The average Bonchev–Trinajstić information content (AvgIpc) is 2.37. The van der Waals surface area contributed by atoms with Gasteiger partial charge in [0.05, 0.1) is 5.69 Å². The van der Waals surface area contributed by atoms with Gasteiger partial charge >= 0.3 is 0 Å². The van der Waals surface area contributed by atoms with Crippen molar-refractivity contribution >= 4 is 0 Å². The van der Waals surface area contributed by atoms with Crippen LogP contribution in [0.1, 0.15) is 18.2 Å². The molecule has 0 aliphatic rings. The molecule has 0 saturated heterocycles. The summed E-state index contributed by atoms with van der Waals surface area (Å²) in [5.74, 6) is 1.68. The zero-order valence-corrected chi connectivity index (χ0v) is 10.8. The molecule has 0 atom stereocenters. The number of nitrogens with one attached hydrogen (secondary N) is 1. The highest BCUT2D eigenvalue weighted by Crippen LogP contribution is 2.22. The van der Waals surface area contributed by atoms with E-state index >= 15 is 0 Å². The summed E-state index contributed by atoms with van der Waals surface area (Å²) >= 11 is 0. The van der Waals surface area contributed by atoms with E-state index in [1.54, 1.807) is 6.20 Å². The molecule has 0 bridgehead atoms. The first-order chi connectivity index (χ1) is 8.78. The normalized spacial score (nSPS) is 10.3. The van der Waals surface area contributed by atoms with Gasteiger partial charge in [0.25, 0.3) is 0 Å². The molecule has 0 amide bonds. The SMILES string of the molecule is CCNCc1cc(Oc2cccc(C)c2)ccn1. The molecule has 1 aromatic carbocycles. The van der Waals surface area contributed by atoms with Crippen LogP contribution < -0.4 is 10.1 Å². The molecular weight excluding hydrogens is 224 g/mol. The van der Waals surface area contributed by atoms with Crippen molar-refractivity contribution < 1.29 is 4.74 Å². The first-order valence-corrected chi connectivity index (χ1v) is 6.18. The number of nitrogens with zero attached hydrogens (tertiary/aromatic N) is 1. The molecule has 0 aliphatic heterocycles. The first kappa shape index (κ1) is 12.6. The standard InChI is InChI=1S/C15H18N2O/c1-3-16-11-13-10-15(7-8-17-13)18-14-6-4-5-12(2)9-14/h4-10,16H,3,11H2,1-2H3. The third-order valence-electron chi connectivity index (χ3n) is 2.57. The van der Waals surface area contributed by atoms with E-state index in [9.17, 15) is 0 Å². The minimum atomic E-state index is 0.765. The van der Waals surface area contributed by atoms with Crippen molar-refractivity contribution in [2.24, 2.45) is 0 Å². The van der Waals surface area contributed by atoms with Crippen molar-refractivity contribution in [2.75, 3.05) is 6.54 Å². The predicted molar refractivity (Wildman–Crippen MR) is 72.9 cm³/mol. The molecule has 94 valence electrons. The van der Waals surface area contributed by atoms with Crippen LogP contribution in [0.5, 0.6) is 11.5 Å². The van der Waals surface area contributed by atoms with Crippen LogP contribution in [0.25, 0.3) is 0 Å². The summed E-state index contributed by atoms with van der Waals surface area (Å²) in [5, 5.41) is 3.25. The molecule has 0 fully saturated rings. The Hall–Kier alpha value is -1.87. The van der Waals surface area contributed by atoms with Gasteiger partial charge in [-0.05, 0) is 37.2 Å². The van der Waals surface area contributed by atoms with E-state index in [1.807, 2.05) is 30.3 Å². The highest BCUT2D eigenvalue weighted by Gasteiger charge is 2.00. The summed E-state index contributed by atoms with van der Waals surface area (Å²) in [7, 11) is 0. The summed E-state index contributed by atoms with van der Waals surface area (Å²) in [6.07, 6.45) is 1.78. The third-order valence-corrected chi connectivity index (χ3v) is 2.57. The van der Waals surface area contributed by atoms with Crippen LogP contribution in [0.2, 0.25) is 0 Å². The van der Waals surface area contributed by atoms with Gasteiger partial charge in [-0.15, -0.1) is 0 Å². The number of aromatic nitrogens is 1. The predicted octanol–water partition coefficient (Wildman–Crippen LogP) is 3.29. The second kappa shape index (κ2) is 6.17. The Morgan fingerprint density at radius 3 is 2.78 bits per heavy atom. The Kier molecular flexibility index (Phi) is 4.31. The van der Waals surface area contributed by atoms with Crippen LogP contribution in [0, 0.1) is 6.92 Å². The summed E-state index contributed by atoms with van der Waals surface area (Å²) in [6.45, 7) is 5.83. The van der Waals surface area contributed by atoms with Crippen molar-refractivity contribution in [3.63, 3.8) is 0 Å². The van der Waals surface area contributed by atoms with E-state index in [0.29, 0.717) is 0 Å². The monoisotopic (exact) mass is 242 g/mol. The second-order valence-corrected chi connectivity index (χ2v) is 4.18. The zero-order valence-electron chi connectivity index (χ0n) is 10.8. The van der Waals surface area contributed by atoms with Gasteiger partial charge in [-0.3, -0.25) is 4.98 Å². The Balaban J connectivity index is 2.09. The molecule has 0 aliphatic carbocycles. The maximum atomic E-state index is 5.81. The zero-order chi connectivity index (χ0) is 12.8. The largest absolute Gasteiger partial charge is 0.457 e. The van der Waals surface area contributed by atoms with Gasteiger partial charge in [0.2, 0.25) is 0 Å². The van der Waals surface area contributed by atoms with Crippen molar-refractivity contribution in [3.05, 3.63) is 53.9 Å². The van der Waals surface area contributed by atoms with Gasteiger partial charge in [-0.2, -0.15) is 0 Å². The van der Waals surface area contributed by atoms with E-state index in [-0.39, 0.29) is 0 Å². The molecule has 3 heteroatoms. The highest BCUT2D eigenvalue weighted by molar-refractivity contribution is 5.33. The molecule has 1 N–H and O–H groups in total. The fourth-order valence-corrected chi connectivity index (χ4v) is 1.68. The molecule has 1 heterocycles. The summed E-state index contributed by atoms with van der Waals surface area (Å²) < 4.78 is 5.81. The maximum absolute atomic E-state index is 5.81. The molecule has 0 spiro atoms. The fourth-order valence-electron chi connectivity index (χ4n) is 1.68. The second-order valence-electron chi connectivity index (χ2n) is 4.18. The minimum Gasteiger partial charge on any atom is -0.457 e. The van der Waals surface area contributed by atoms with Gasteiger partial charge < -0.3 is 10.1 Å². The molecule has 2 aromatic rings. The van der Waals surface area contributed by atoms with Gasteiger partial charge in [0.15, 0.2) is 0 Å². The van der Waals surface area contributed by atoms with E-state index in [2.05, 4.69) is 30.2 Å². The highest BCUT2D eigenvalue weighted by atomic mass is 16.5. The fraction of sp³-hybridized carbons (Fsp3) is 0.267. The third kappa shape index (κ3) is 3.57. The van der Waals surface area contributed by atoms with Crippen LogP contribution in [0.4, 0.5) is 0 Å². The van der Waals surface area contributed by atoms with Gasteiger partial charge in [-0.25, -0.2) is 0 Å². The van der Waals surface area contributed by atoms with Gasteiger partial charge in [-0.1, -0.05) is 19.1 Å². The quantitative estimate of drug-likeness (QED) is 0.873. The maximum Gasteiger partial charge on any atom is 0.130 e. The van der Waals surface area contributed by atoms with Gasteiger partial charge in [0.1, 0.15) is 11.5 Å². The van der Waals surface area contributed by atoms with E-state index in [0.717, 1.165) is 30.3 Å². The lowest BCUT2D eigenvalue weighted by Gasteiger charge is -2.08. The molecule has 3 nitrogen and oxygen atoms in total. The Morgan fingerprint density at radius 2 is 2.00 bits per heavy atom. The van der Waals surface area contributed by atoms with E-state index in [4.69, 9.17) is 4.74 Å². The lowest BCUT2D eigenvalue weighted by Crippen LogP contribution is -2.12. The molecule has 0 radical (unpaired) electrons. The van der Waals surface area contributed by atoms with Crippen LogP contribution in [-0.4, -0.2) is 11.5 Å². The van der Waals surface area contributed by atoms with Crippen molar-refractivity contribution in [1.82, 2.24) is 10.3 Å². The first-order valence-electron chi connectivity index (χ1n) is 6.18. The van der Waals surface area contributed by atoms with Crippen LogP contribution >= 0.6 is 0 Å². The summed E-state index contributed by atoms with van der Waals surface area (Å²) in [6, 6.07) is 11.9. The minimum absolute atomic E-state index is 0.765. The molecular formula is C15H18N2O. The van der Waals surface area contributed by atoms with Crippen LogP contribution in [0.15, 0.2) is 42.6 Å². The number of hydrogen-bond acceptors (Lipinski definition) is 3. The number of benzene rings is 1. The number of ether oxygens (including phenoxy) is 1. The Labute approximate surface area is 108 Å². The smallest absolute Gasteiger partial charge is 0.130 e. The van der Waals surface area contributed by atoms with Crippen molar-refractivity contribution in [3.8, 4) is 11.5 Å². The van der Waals surface area contributed by atoms with E-state index in [1.165, 1.54) is 5.56 Å². The van der Waals surface area contributed by atoms with Crippen molar-refractivity contribution in [2.45, 2.75) is 20.4 Å². The molecule has 1 aromatic heterocycles. The lowest BCUT2D eigenvalue weighted by atomic mass is 10.2. The van der Waals surface area contributed by atoms with Crippen LogP contribution in [0.3, 0.4) is 0 Å². The lowest BCUT2D eigenvalue weighted by molar-refractivity contribution is 0.480. The molecule has 18 heavy (non-hydrogen) atoms. The van der Waals surface area contributed by atoms with Gasteiger partial charge in [0, 0.05) is 18.8 Å². The molecule has 2 rings (SSSR count). The number of pyridine rings is 1. The summed E-state index contributed by atoms with van der Waals surface area (Å²) in [4.78, 5) is 4.29. The average molecular weight is 242 g/mol. The Bertz CT molecular complexity index is 511. The molecule has 0 unspecified atom stereocenters. The Morgan fingerprint density at radius 1 is 1.17 bits per heavy atom. The number of hydrogen-bond donors (Lipinski definition) is 1. The number of rotatable bonds is 5.